The van der Waals surface area contributed by atoms with Crippen molar-refractivity contribution in [2.24, 2.45) is 0 Å². The molecule has 1 fully saturated rings. The molecule has 0 spiro atoms. The molecule has 1 atom stereocenters. The van der Waals surface area contributed by atoms with Gasteiger partial charge in [0.15, 0.2) is 0 Å². The Morgan fingerprint density at radius 2 is 1.94 bits per heavy atom. The zero-order valence-electron chi connectivity index (χ0n) is 17.9. The highest BCUT2D eigenvalue weighted by Crippen LogP contribution is 2.19. The first-order valence-electron chi connectivity index (χ1n) is 10.1. The summed E-state index contributed by atoms with van der Waals surface area (Å²) in [7, 11) is 0. The van der Waals surface area contributed by atoms with Gasteiger partial charge in [0.2, 0.25) is 0 Å². The summed E-state index contributed by atoms with van der Waals surface area (Å²) in [6.45, 7) is 6.76. The Bertz CT molecular complexity index is 887. The number of hydrogen-bond donors (Lipinski definition) is 1. The molecule has 1 aliphatic rings. The number of amides is 3. The van der Waals surface area contributed by atoms with Gasteiger partial charge in [-0.05, 0) is 57.2 Å². The van der Waals surface area contributed by atoms with Crippen LogP contribution in [0.25, 0.3) is 0 Å². The maximum absolute atomic E-state index is 13.0. The molecular weight excluding hydrogens is 464 g/mol. The van der Waals surface area contributed by atoms with Crippen molar-refractivity contribution in [2.75, 3.05) is 31.6 Å². The van der Waals surface area contributed by atoms with Gasteiger partial charge in [0.25, 0.3) is 0 Å². The van der Waals surface area contributed by atoms with Gasteiger partial charge in [0.1, 0.15) is 18.0 Å². The molecule has 0 radical (unpaired) electrons. The number of ether oxygens (including phenoxy) is 2. The number of aromatic nitrogens is 1. The fourth-order valence-corrected chi connectivity index (χ4v) is 3.38. The van der Waals surface area contributed by atoms with E-state index in [2.05, 4.69) is 26.2 Å². The fraction of sp³-hybridized carbons (Fsp3) is 0.409. The minimum Gasteiger partial charge on any atom is -0.490 e. The van der Waals surface area contributed by atoms with Crippen molar-refractivity contribution in [2.45, 2.75) is 32.4 Å². The molecule has 1 aromatic carbocycles. The largest absolute Gasteiger partial charge is 0.490 e. The molecule has 2 aromatic rings. The summed E-state index contributed by atoms with van der Waals surface area (Å²) in [6, 6.07) is 10.3. The third-order valence-corrected chi connectivity index (χ3v) is 5.10. The second-order valence-electron chi connectivity index (χ2n) is 8.21. The normalized spacial score (nSPS) is 16.6. The van der Waals surface area contributed by atoms with E-state index in [1.807, 2.05) is 45.0 Å². The Morgan fingerprint density at radius 3 is 2.58 bits per heavy atom. The average Bonchev–Trinajstić information content (AvgIpc) is 2.73. The first kappa shape index (κ1) is 22.9. The van der Waals surface area contributed by atoms with E-state index in [-0.39, 0.29) is 18.7 Å². The summed E-state index contributed by atoms with van der Waals surface area (Å²) in [6.07, 6.45) is 2.88. The molecule has 0 bridgehead atoms. The van der Waals surface area contributed by atoms with E-state index >= 15 is 0 Å². The van der Waals surface area contributed by atoms with Crippen molar-refractivity contribution >= 4 is 33.7 Å². The molecule has 166 valence electrons. The van der Waals surface area contributed by atoms with Crippen LogP contribution in [0.4, 0.5) is 15.3 Å². The summed E-state index contributed by atoms with van der Waals surface area (Å²) in [5, 5.41) is 2.91. The summed E-state index contributed by atoms with van der Waals surface area (Å²) in [5.74, 6) is 0.602. The number of piperazine rings is 1. The van der Waals surface area contributed by atoms with Gasteiger partial charge in [-0.25, -0.2) is 9.59 Å². The minimum atomic E-state index is -0.588. The highest BCUT2D eigenvalue weighted by Gasteiger charge is 2.35. The zero-order chi connectivity index (χ0) is 22.4. The van der Waals surface area contributed by atoms with Crippen molar-refractivity contribution < 1.29 is 19.1 Å². The maximum atomic E-state index is 13.0. The number of halogens is 1. The highest BCUT2D eigenvalue weighted by atomic mass is 79.9. The van der Waals surface area contributed by atoms with Gasteiger partial charge >= 0.3 is 12.1 Å². The van der Waals surface area contributed by atoms with Gasteiger partial charge in [-0.15, -0.1) is 0 Å². The molecule has 31 heavy (non-hydrogen) atoms. The molecule has 8 nitrogen and oxygen atoms in total. The van der Waals surface area contributed by atoms with Gasteiger partial charge in [-0.2, -0.15) is 0 Å². The monoisotopic (exact) mass is 490 g/mol. The topological polar surface area (TPSA) is 84.0 Å². The summed E-state index contributed by atoms with van der Waals surface area (Å²) >= 11 is 3.39. The van der Waals surface area contributed by atoms with Crippen LogP contribution >= 0.6 is 15.9 Å². The van der Waals surface area contributed by atoms with E-state index in [4.69, 9.17) is 9.47 Å². The van der Waals surface area contributed by atoms with E-state index < -0.39 is 11.7 Å². The lowest BCUT2D eigenvalue weighted by molar-refractivity contribution is 0.00539. The number of pyridine rings is 1. The van der Waals surface area contributed by atoms with E-state index in [9.17, 15) is 9.59 Å². The lowest BCUT2D eigenvalue weighted by Gasteiger charge is -2.41. The Kier molecular flexibility index (Phi) is 7.37. The van der Waals surface area contributed by atoms with Gasteiger partial charge in [-0.1, -0.05) is 15.9 Å². The number of rotatable bonds is 4. The predicted octanol–water partition coefficient (Wildman–Crippen LogP) is 4.38. The standard InChI is InChI=1S/C22H27BrN4O4/c1-22(2,3)31-21(29)26-11-12-27(20(28)25-17-8-6-16(23)7-9-17)18(14-26)15-30-19-5-4-10-24-13-19/h4-10,13,18H,11-12,14-15H2,1-3H3,(H,25,28). The molecular formula is C22H27BrN4O4. The van der Waals surface area contributed by atoms with Crippen LogP contribution in [0.15, 0.2) is 53.3 Å². The van der Waals surface area contributed by atoms with Crippen molar-refractivity contribution in [3.05, 3.63) is 53.3 Å². The quantitative estimate of drug-likeness (QED) is 0.687. The fourth-order valence-electron chi connectivity index (χ4n) is 3.11. The van der Waals surface area contributed by atoms with E-state index in [1.165, 1.54) is 0 Å². The van der Waals surface area contributed by atoms with Crippen LogP contribution in [-0.4, -0.2) is 64.8 Å². The van der Waals surface area contributed by atoms with Gasteiger partial charge in [0, 0.05) is 36.0 Å². The molecule has 1 aromatic heterocycles. The smallest absolute Gasteiger partial charge is 0.410 e. The van der Waals surface area contributed by atoms with E-state index in [0.29, 0.717) is 31.1 Å². The second kappa shape index (κ2) is 10.00. The summed E-state index contributed by atoms with van der Waals surface area (Å²) < 4.78 is 12.3. The van der Waals surface area contributed by atoms with Gasteiger partial charge in [-0.3, -0.25) is 4.98 Å². The molecule has 3 rings (SSSR count). The molecule has 1 unspecified atom stereocenters. The highest BCUT2D eigenvalue weighted by molar-refractivity contribution is 9.10. The Morgan fingerprint density at radius 1 is 1.19 bits per heavy atom. The van der Waals surface area contributed by atoms with Crippen molar-refractivity contribution in [3.63, 3.8) is 0 Å². The molecule has 3 amide bonds. The molecule has 1 saturated heterocycles. The third-order valence-electron chi connectivity index (χ3n) is 4.57. The predicted molar refractivity (Wildman–Crippen MR) is 121 cm³/mol. The number of carbonyl (C=O) groups is 2. The Labute approximate surface area is 190 Å². The van der Waals surface area contributed by atoms with Crippen molar-refractivity contribution in [1.82, 2.24) is 14.8 Å². The molecule has 1 aliphatic heterocycles. The Hall–Kier alpha value is -2.81. The summed E-state index contributed by atoms with van der Waals surface area (Å²) in [4.78, 5) is 32.9. The van der Waals surface area contributed by atoms with Crippen LogP contribution in [0, 0.1) is 0 Å². The SMILES string of the molecule is CC(C)(C)OC(=O)N1CCN(C(=O)Nc2ccc(Br)cc2)C(COc2cccnc2)C1. The summed E-state index contributed by atoms with van der Waals surface area (Å²) in [5.41, 5.74) is 0.101. The van der Waals surface area contributed by atoms with Gasteiger partial charge in [0.05, 0.1) is 12.2 Å². The van der Waals surface area contributed by atoms with Gasteiger partial charge < -0.3 is 24.6 Å². The first-order chi connectivity index (χ1) is 14.7. The number of nitrogens with one attached hydrogen (secondary N) is 1. The number of nitrogens with zero attached hydrogens (tertiary/aromatic N) is 3. The molecule has 0 saturated carbocycles. The van der Waals surface area contributed by atoms with Crippen LogP contribution in [0.5, 0.6) is 5.75 Å². The van der Waals surface area contributed by atoms with E-state index in [0.717, 1.165) is 4.47 Å². The van der Waals surface area contributed by atoms with Crippen LogP contribution < -0.4 is 10.1 Å². The number of hydrogen-bond acceptors (Lipinski definition) is 5. The van der Waals surface area contributed by atoms with Crippen molar-refractivity contribution in [1.29, 1.82) is 0 Å². The average molecular weight is 491 g/mol. The van der Waals surface area contributed by atoms with Crippen LogP contribution in [0.1, 0.15) is 20.8 Å². The van der Waals surface area contributed by atoms with E-state index in [1.54, 1.807) is 34.3 Å². The maximum Gasteiger partial charge on any atom is 0.410 e. The zero-order valence-corrected chi connectivity index (χ0v) is 19.5. The van der Waals surface area contributed by atoms with Crippen LogP contribution in [0.3, 0.4) is 0 Å². The number of carbonyl (C=O) groups excluding carboxylic acids is 2. The third kappa shape index (κ3) is 6.85. The molecule has 9 heteroatoms. The number of anilines is 1. The molecule has 0 aliphatic carbocycles. The number of benzene rings is 1. The Balaban J connectivity index is 1.70. The van der Waals surface area contributed by atoms with Crippen molar-refractivity contribution in [3.8, 4) is 5.75 Å². The minimum absolute atomic E-state index is 0.221. The lowest BCUT2D eigenvalue weighted by atomic mass is 10.2. The molecule has 1 N–H and O–H groups in total. The second-order valence-corrected chi connectivity index (χ2v) is 9.13. The first-order valence-corrected chi connectivity index (χ1v) is 10.8. The lowest BCUT2D eigenvalue weighted by Crippen LogP contribution is -2.59. The molecule has 2 heterocycles. The number of urea groups is 1. The van der Waals surface area contributed by atoms with Crippen LogP contribution in [-0.2, 0) is 4.74 Å². The van der Waals surface area contributed by atoms with Crippen LogP contribution in [0.2, 0.25) is 0 Å².